The Balaban J connectivity index is 2.08. The molecule has 0 aromatic rings. The summed E-state index contributed by atoms with van der Waals surface area (Å²) in [5.74, 6) is 0. The Hall–Kier alpha value is -0.0400. The van der Waals surface area contributed by atoms with Crippen LogP contribution in [-0.2, 0) is 0 Å². The van der Waals surface area contributed by atoms with Crippen LogP contribution in [0.25, 0.3) is 0 Å². The van der Waals surface area contributed by atoms with E-state index in [2.05, 4.69) is 26.1 Å². The molecule has 1 aliphatic carbocycles. The van der Waals surface area contributed by atoms with Crippen LogP contribution in [0.5, 0.6) is 0 Å². The first kappa shape index (κ1) is 11.0. The highest BCUT2D eigenvalue weighted by Crippen LogP contribution is 2.44. The normalized spacial score (nSPS) is 21.5. The van der Waals surface area contributed by atoms with Crippen LogP contribution in [0.3, 0.4) is 0 Å². The van der Waals surface area contributed by atoms with E-state index >= 15 is 0 Å². The van der Waals surface area contributed by atoms with Gasteiger partial charge in [-0.15, -0.1) is 0 Å². The van der Waals surface area contributed by atoms with Crippen LogP contribution in [-0.4, -0.2) is 12.6 Å². The van der Waals surface area contributed by atoms with E-state index in [1.807, 2.05) is 0 Å². The second-order valence-corrected chi connectivity index (χ2v) is 4.94. The van der Waals surface area contributed by atoms with Crippen LogP contribution in [0, 0.1) is 5.41 Å². The van der Waals surface area contributed by atoms with Crippen molar-refractivity contribution < 1.29 is 0 Å². The Kier molecular flexibility index (Phi) is 4.24. The Morgan fingerprint density at radius 3 is 2.46 bits per heavy atom. The van der Waals surface area contributed by atoms with Crippen LogP contribution in [0.2, 0.25) is 0 Å². The van der Waals surface area contributed by atoms with Gasteiger partial charge in [0.2, 0.25) is 0 Å². The Bertz CT molecular complexity index is 138. The molecule has 0 amide bonds. The Morgan fingerprint density at radius 1 is 1.31 bits per heavy atom. The third kappa shape index (κ3) is 4.12. The smallest absolute Gasteiger partial charge is 0.00646 e. The zero-order valence-electron chi connectivity index (χ0n) is 9.53. The zero-order chi connectivity index (χ0) is 9.73. The molecule has 1 unspecified atom stereocenters. The molecule has 1 heteroatoms. The van der Waals surface area contributed by atoms with Crippen molar-refractivity contribution in [2.45, 2.75) is 65.3 Å². The van der Waals surface area contributed by atoms with Crippen molar-refractivity contribution in [2.75, 3.05) is 6.54 Å². The minimum atomic E-state index is 0.666. The monoisotopic (exact) mass is 183 g/mol. The van der Waals surface area contributed by atoms with E-state index in [9.17, 15) is 0 Å². The lowest BCUT2D eigenvalue weighted by molar-refractivity contribution is 0.400. The summed E-state index contributed by atoms with van der Waals surface area (Å²) in [5, 5.41) is 3.71. The molecule has 0 saturated heterocycles. The van der Waals surface area contributed by atoms with Gasteiger partial charge in [0.25, 0.3) is 0 Å². The highest BCUT2D eigenvalue weighted by atomic mass is 14.9. The lowest BCUT2D eigenvalue weighted by atomic mass is 10.1. The van der Waals surface area contributed by atoms with E-state index in [1.54, 1.807) is 0 Å². The maximum absolute atomic E-state index is 3.71. The van der Waals surface area contributed by atoms with E-state index in [0.29, 0.717) is 5.41 Å². The molecule has 1 rings (SSSR count). The fourth-order valence-corrected chi connectivity index (χ4v) is 1.68. The average Bonchev–Trinajstić information content (AvgIpc) is 2.85. The SMILES string of the molecule is CCCCC(CC)NCC1(C)CC1. The first-order valence-corrected chi connectivity index (χ1v) is 5.93. The number of hydrogen-bond acceptors (Lipinski definition) is 1. The summed E-state index contributed by atoms with van der Waals surface area (Å²) >= 11 is 0. The molecule has 0 aromatic carbocycles. The molecule has 1 N–H and O–H groups in total. The van der Waals surface area contributed by atoms with E-state index in [1.165, 1.54) is 45.1 Å². The van der Waals surface area contributed by atoms with Crippen molar-refractivity contribution in [1.29, 1.82) is 0 Å². The molecule has 1 atom stereocenters. The van der Waals surface area contributed by atoms with E-state index < -0.39 is 0 Å². The van der Waals surface area contributed by atoms with Crippen molar-refractivity contribution in [3.05, 3.63) is 0 Å². The van der Waals surface area contributed by atoms with Gasteiger partial charge in [-0.05, 0) is 31.1 Å². The van der Waals surface area contributed by atoms with Crippen LogP contribution in [0.1, 0.15) is 59.3 Å². The van der Waals surface area contributed by atoms with Crippen molar-refractivity contribution in [3.63, 3.8) is 0 Å². The summed E-state index contributed by atoms with van der Waals surface area (Å²) in [6.07, 6.45) is 8.23. The maximum Gasteiger partial charge on any atom is 0.00646 e. The molecule has 0 heterocycles. The van der Waals surface area contributed by atoms with Gasteiger partial charge in [0.15, 0.2) is 0 Å². The van der Waals surface area contributed by atoms with Gasteiger partial charge in [0.1, 0.15) is 0 Å². The molecule has 78 valence electrons. The minimum absolute atomic E-state index is 0.666. The lowest BCUT2D eigenvalue weighted by Gasteiger charge is -2.19. The third-order valence-corrected chi connectivity index (χ3v) is 3.32. The fraction of sp³-hybridized carbons (Fsp3) is 1.00. The molecule has 0 spiro atoms. The van der Waals surface area contributed by atoms with Gasteiger partial charge >= 0.3 is 0 Å². The first-order valence-electron chi connectivity index (χ1n) is 5.93. The second-order valence-electron chi connectivity index (χ2n) is 4.94. The van der Waals surface area contributed by atoms with Gasteiger partial charge in [-0.3, -0.25) is 0 Å². The van der Waals surface area contributed by atoms with Crippen LogP contribution >= 0.6 is 0 Å². The molecule has 13 heavy (non-hydrogen) atoms. The van der Waals surface area contributed by atoms with Gasteiger partial charge in [-0.1, -0.05) is 33.6 Å². The number of rotatable bonds is 7. The molecular formula is C12H25N. The summed E-state index contributed by atoms with van der Waals surface area (Å²) in [5.41, 5.74) is 0.666. The highest BCUT2D eigenvalue weighted by molar-refractivity contribution is 4.91. The largest absolute Gasteiger partial charge is 0.313 e. The molecule has 1 aliphatic rings. The van der Waals surface area contributed by atoms with Gasteiger partial charge in [0.05, 0.1) is 0 Å². The van der Waals surface area contributed by atoms with Crippen molar-refractivity contribution in [1.82, 2.24) is 5.32 Å². The lowest BCUT2D eigenvalue weighted by Crippen LogP contribution is -2.32. The average molecular weight is 183 g/mol. The summed E-state index contributed by atoms with van der Waals surface area (Å²) in [6.45, 7) is 8.21. The van der Waals surface area contributed by atoms with Crippen molar-refractivity contribution in [2.24, 2.45) is 5.41 Å². The quantitative estimate of drug-likeness (QED) is 0.638. The topological polar surface area (TPSA) is 12.0 Å². The molecule has 0 aliphatic heterocycles. The van der Waals surface area contributed by atoms with E-state index in [0.717, 1.165) is 6.04 Å². The Labute approximate surface area is 83.3 Å². The van der Waals surface area contributed by atoms with Crippen LogP contribution in [0.15, 0.2) is 0 Å². The molecule has 1 saturated carbocycles. The first-order chi connectivity index (χ1) is 6.20. The molecule has 0 radical (unpaired) electrons. The molecule has 1 fully saturated rings. The predicted octanol–water partition coefficient (Wildman–Crippen LogP) is 3.34. The predicted molar refractivity (Wildman–Crippen MR) is 58.9 cm³/mol. The number of hydrogen-bond donors (Lipinski definition) is 1. The number of unbranched alkanes of at least 4 members (excludes halogenated alkanes) is 1. The Morgan fingerprint density at radius 2 is 2.00 bits per heavy atom. The number of nitrogens with one attached hydrogen (secondary N) is 1. The van der Waals surface area contributed by atoms with Crippen molar-refractivity contribution >= 4 is 0 Å². The molecule has 1 nitrogen and oxygen atoms in total. The standard InChI is InChI=1S/C12H25N/c1-4-6-7-11(5-2)13-10-12(3)8-9-12/h11,13H,4-10H2,1-3H3. The van der Waals surface area contributed by atoms with Gasteiger partial charge in [0, 0.05) is 12.6 Å². The summed E-state index contributed by atoms with van der Waals surface area (Å²) in [6, 6.07) is 0.775. The molecular weight excluding hydrogens is 158 g/mol. The van der Waals surface area contributed by atoms with Gasteiger partial charge < -0.3 is 5.32 Å². The maximum atomic E-state index is 3.71. The van der Waals surface area contributed by atoms with E-state index in [4.69, 9.17) is 0 Å². The van der Waals surface area contributed by atoms with Crippen LogP contribution in [0.4, 0.5) is 0 Å². The highest BCUT2D eigenvalue weighted by Gasteiger charge is 2.36. The van der Waals surface area contributed by atoms with E-state index in [-0.39, 0.29) is 0 Å². The van der Waals surface area contributed by atoms with Crippen molar-refractivity contribution in [3.8, 4) is 0 Å². The third-order valence-electron chi connectivity index (χ3n) is 3.32. The zero-order valence-corrected chi connectivity index (χ0v) is 9.53. The van der Waals surface area contributed by atoms with Crippen LogP contribution < -0.4 is 5.32 Å². The van der Waals surface area contributed by atoms with Gasteiger partial charge in [-0.25, -0.2) is 0 Å². The molecule has 0 bridgehead atoms. The summed E-state index contributed by atoms with van der Waals surface area (Å²) in [7, 11) is 0. The fourth-order valence-electron chi connectivity index (χ4n) is 1.68. The molecule has 0 aromatic heterocycles. The summed E-state index contributed by atoms with van der Waals surface area (Å²) in [4.78, 5) is 0. The minimum Gasteiger partial charge on any atom is -0.313 e. The van der Waals surface area contributed by atoms with Gasteiger partial charge in [-0.2, -0.15) is 0 Å². The second kappa shape index (κ2) is 4.99. The summed E-state index contributed by atoms with van der Waals surface area (Å²) < 4.78 is 0.